The van der Waals surface area contributed by atoms with Gasteiger partial charge in [-0.05, 0) is 12.8 Å². The van der Waals surface area contributed by atoms with Crippen LogP contribution in [0.4, 0.5) is 0 Å². The molecule has 4 heteroatoms. The molecule has 0 aromatic rings. The molecule has 13 heavy (non-hydrogen) atoms. The summed E-state index contributed by atoms with van der Waals surface area (Å²) < 4.78 is 0. The third kappa shape index (κ3) is 1.59. The minimum Gasteiger partial charge on any atom is -0.396 e. The predicted octanol–water partition coefficient (Wildman–Crippen LogP) is -0.245. The highest BCUT2D eigenvalue weighted by molar-refractivity contribution is 4.88. The molecule has 2 heterocycles. The summed E-state index contributed by atoms with van der Waals surface area (Å²) in [6.07, 6.45) is 3.27. The Hall–Kier alpha value is -0.160. The van der Waals surface area contributed by atoms with Gasteiger partial charge in [-0.2, -0.15) is 5.06 Å². The molecular weight excluding hydrogens is 170 g/mol. The summed E-state index contributed by atoms with van der Waals surface area (Å²) in [6.45, 7) is 1.07. The molecule has 0 amide bonds. The predicted molar refractivity (Wildman–Crippen MR) is 46.9 cm³/mol. The quantitative estimate of drug-likeness (QED) is 0.626. The van der Waals surface area contributed by atoms with Crippen LogP contribution in [0, 0.1) is 5.92 Å². The van der Waals surface area contributed by atoms with E-state index < -0.39 is 0 Å². The SMILES string of the molecule is OC[C@H]1[C@H](CO)ON2CCCC[C@@H]12. The molecule has 2 fully saturated rings. The maximum absolute atomic E-state index is 9.19. The van der Waals surface area contributed by atoms with E-state index in [0.29, 0.717) is 6.04 Å². The van der Waals surface area contributed by atoms with Gasteiger partial charge >= 0.3 is 0 Å². The molecule has 0 spiro atoms. The highest BCUT2D eigenvalue weighted by Crippen LogP contribution is 2.33. The first kappa shape index (κ1) is 9.40. The maximum Gasteiger partial charge on any atom is 0.109 e. The van der Waals surface area contributed by atoms with Gasteiger partial charge < -0.3 is 10.2 Å². The topological polar surface area (TPSA) is 52.9 Å². The first-order chi connectivity index (χ1) is 6.36. The molecule has 2 rings (SSSR count). The van der Waals surface area contributed by atoms with Crippen molar-refractivity contribution < 1.29 is 15.1 Å². The lowest BCUT2D eigenvalue weighted by atomic mass is 9.90. The molecule has 2 aliphatic heterocycles. The van der Waals surface area contributed by atoms with E-state index in [4.69, 9.17) is 9.94 Å². The Morgan fingerprint density at radius 2 is 2.08 bits per heavy atom. The molecule has 2 aliphatic rings. The second kappa shape index (κ2) is 3.92. The summed E-state index contributed by atoms with van der Waals surface area (Å²) in [5.74, 6) is 0.102. The van der Waals surface area contributed by atoms with Gasteiger partial charge in [-0.1, -0.05) is 6.42 Å². The number of hydrogen-bond donors (Lipinski definition) is 2. The van der Waals surface area contributed by atoms with Crippen LogP contribution in [0.1, 0.15) is 19.3 Å². The number of aliphatic hydroxyl groups is 2. The third-order valence-electron chi connectivity index (χ3n) is 3.13. The lowest BCUT2D eigenvalue weighted by Crippen LogP contribution is -2.37. The van der Waals surface area contributed by atoms with Crippen molar-refractivity contribution in [2.75, 3.05) is 19.8 Å². The van der Waals surface area contributed by atoms with Crippen LogP contribution in [0.2, 0.25) is 0 Å². The summed E-state index contributed by atoms with van der Waals surface area (Å²) in [4.78, 5) is 5.54. The van der Waals surface area contributed by atoms with Crippen molar-refractivity contribution in [2.45, 2.75) is 31.4 Å². The number of aliphatic hydroxyl groups excluding tert-OH is 2. The average Bonchev–Trinajstić information content (AvgIpc) is 2.55. The Morgan fingerprint density at radius 1 is 1.23 bits per heavy atom. The van der Waals surface area contributed by atoms with Gasteiger partial charge in [-0.15, -0.1) is 0 Å². The van der Waals surface area contributed by atoms with Crippen LogP contribution >= 0.6 is 0 Å². The maximum atomic E-state index is 9.19. The second-order valence-corrected chi connectivity index (χ2v) is 3.88. The van der Waals surface area contributed by atoms with E-state index in [1.807, 2.05) is 5.06 Å². The number of rotatable bonds is 2. The van der Waals surface area contributed by atoms with Gasteiger partial charge in [0.05, 0.1) is 13.2 Å². The zero-order valence-corrected chi connectivity index (χ0v) is 7.72. The van der Waals surface area contributed by atoms with E-state index in [1.54, 1.807) is 0 Å². The molecule has 0 aromatic carbocycles. The van der Waals surface area contributed by atoms with Crippen molar-refractivity contribution in [3.05, 3.63) is 0 Å². The number of hydrogen-bond acceptors (Lipinski definition) is 4. The summed E-state index contributed by atoms with van der Waals surface area (Å²) in [5.41, 5.74) is 0. The molecule has 0 radical (unpaired) electrons. The van der Waals surface area contributed by atoms with Gasteiger partial charge in [-0.3, -0.25) is 4.84 Å². The van der Waals surface area contributed by atoms with E-state index in [2.05, 4.69) is 0 Å². The van der Waals surface area contributed by atoms with Crippen molar-refractivity contribution in [3.63, 3.8) is 0 Å². The molecular formula is C9H17NO3. The van der Waals surface area contributed by atoms with Crippen LogP contribution in [-0.2, 0) is 4.84 Å². The van der Waals surface area contributed by atoms with Gasteiger partial charge in [-0.25, -0.2) is 0 Å². The molecule has 0 aliphatic carbocycles. The van der Waals surface area contributed by atoms with Crippen LogP contribution in [-0.4, -0.2) is 47.2 Å². The Bertz CT molecular complexity index is 172. The van der Waals surface area contributed by atoms with E-state index in [1.165, 1.54) is 6.42 Å². The number of hydroxylamine groups is 2. The molecule has 0 saturated carbocycles. The molecule has 76 valence electrons. The Kier molecular flexibility index (Phi) is 2.83. The fraction of sp³-hybridized carbons (Fsp3) is 1.00. The van der Waals surface area contributed by atoms with Gasteiger partial charge in [0.25, 0.3) is 0 Å². The summed E-state index contributed by atoms with van der Waals surface area (Å²) in [7, 11) is 0. The third-order valence-corrected chi connectivity index (χ3v) is 3.13. The van der Waals surface area contributed by atoms with Crippen LogP contribution in [0.5, 0.6) is 0 Å². The van der Waals surface area contributed by atoms with Gasteiger partial charge in [0.1, 0.15) is 6.10 Å². The average molecular weight is 187 g/mol. The summed E-state index contributed by atoms with van der Waals surface area (Å²) >= 11 is 0. The van der Waals surface area contributed by atoms with Crippen LogP contribution in [0.3, 0.4) is 0 Å². The fourth-order valence-electron chi connectivity index (χ4n) is 2.40. The lowest BCUT2D eigenvalue weighted by Gasteiger charge is -2.29. The van der Waals surface area contributed by atoms with Crippen LogP contribution < -0.4 is 0 Å². The van der Waals surface area contributed by atoms with Crippen molar-refractivity contribution in [2.24, 2.45) is 5.92 Å². The Morgan fingerprint density at radius 3 is 2.77 bits per heavy atom. The van der Waals surface area contributed by atoms with Crippen LogP contribution in [0.15, 0.2) is 0 Å². The molecule has 2 N–H and O–H groups in total. The number of nitrogens with zero attached hydrogens (tertiary/aromatic N) is 1. The zero-order valence-electron chi connectivity index (χ0n) is 7.72. The highest BCUT2D eigenvalue weighted by atomic mass is 16.7. The normalized spacial score (nSPS) is 40.6. The van der Waals surface area contributed by atoms with Crippen LogP contribution in [0.25, 0.3) is 0 Å². The van der Waals surface area contributed by atoms with Crippen molar-refractivity contribution in [3.8, 4) is 0 Å². The molecule has 0 unspecified atom stereocenters. The molecule has 2 saturated heterocycles. The number of piperidine rings is 1. The minimum absolute atomic E-state index is 0.0121. The first-order valence-electron chi connectivity index (χ1n) is 5.02. The van der Waals surface area contributed by atoms with Crippen molar-refractivity contribution in [1.82, 2.24) is 5.06 Å². The lowest BCUT2D eigenvalue weighted by molar-refractivity contribution is -0.178. The Labute approximate surface area is 78.1 Å². The molecule has 0 bridgehead atoms. The fourth-order valence-corrected chi connectivity index (χ4v) is 2.40. The molecule has 4 nitrogen and oxygen atoms in total. The van der Waals surface area contributed by atoms with Gasteiger partial charge in [0, 0.05) is 18.5 Å². The molecule has 0 aromatic heterocycles. The van der Waals surface area contributed by atoms with Crippen molar-refractivity contribution >= 4 is 0 Å². The van der Waals surface area contributed by atoms with E-state index in [-0.39, 0.29) is 25.2 Å². The Balaban J connectivity index is 2.05. The van der Waals surface area contributed by atoms with Gasteiger partial charge in [0.15, 0.2) is 0 Å². The highest BCUT2D eigenvalue weighted by Gasteiger charge is 2.43. The minimum atomic E-state index is -0.187. The second-order valence-electron chi connectivity index (χ2n) is 3.88. The summed E-state index contributed by atoms with van der Waals surface area (Å²) in [6, 6.07) is 0.330. The zero-order chi connectivity index (χ0) is 9.26. The summed E-state index contributed by atoms with van der Waals surface area (Å²) in [5, 5.41) is 20.2. The number of fused-ring (bicyclic) bond motifs is 1. The van der Waals surface area contributed by atoms with E-state index in [9.17, 15) is 5.11 Å². The largest absolute Gasteiger partial charge is 0.396 e. The smallest absolute Gasteiger partial charge is 0.109 e. The van der Waals surface area contributed by atoms with Gasteiger partial charge in [0.2, 0.25) is 0 Å². The van der Waals surface area contributed by atoms with E-state index in [0.717, 1.165) is 19.4 Å². The molecule has 3 atom stereocenters. The van der Waals surface area contributed by atoms with Crippen molar-refractivity contribution in [1.29, 1.82) is 0 Å². The van der Waals surface area contributed by atoms with E-state index >= 15 is 0 Å². The first-order valence-corrected chi connectivity index (χ1v) is 5.02. The monoisotopic (exact) mass is 187 g/mol. The standard InChI is InChI=1S/C9H17NO3/c11-5-7-8-3-1-2-4-10(8)13-9(7)6-12/h7-9,11-12H,1-6H2/t7-,8+,9+/m1/s1.